The minimum absolute atomic E-state index is 0.0000262. The number of benzene rings is 6. The molecule has 3 aromatic heterocycles. The van der Waals surface area contributed by atoms with Crippen LogP contribution in [0.15, 0.2) is 133 Å². The number of fused-ring (bicyclic) bond motifs is 7. The van der Waals surface area contributed by atoms with Crippen molar-refractivity contribution in [2.24, 2.45) is 0 Å². The van der Waals surface area contributed by atoms with Crippen LogP contribution < -0.4 is 0 Å². The third-order valence-corrected chi connectivity index (χ3v) is 11.5. The number of halogens is 1. The molecule has 0 amide bonds. The van der Waals surface area contributed by atoms with E-state index in [-0.39, 0.29) is 22.5 Å². The van der Waals surface area contributed by atoms with E-state index in [4.69, 9.17) is 15.0 Å². The van der Waals surface area contributed by atoms with Gasteiger partial charge in [0.05, 0.1) is 33.3 Å². The summed E-state index contributed by atoms with van der Waals surface area (Å²) in [6.07, 6.45) is 2.27. The summed E-state index contributed by atoms with van der Waals surface area (Å²) in [6.45, 7) is 9.55. The first-order valence-corrected chi connectivity index (χ1v) is 18.4. The summed E-state index contributed by atoms with van der Waals surface area (Å²) in [4.78, 5) is 15.0. The van der Waals surface area contributed by atoms with Crippen LogP contribution in [0.3, 0.4) is 0 Å². The summed E-state index contributed by atoms with van der Waals surface area (Å²) < 4.78 is 20.0. The minimum Gasteiger partial charge on any atom is -0.309 e. The highest BCUT2D eigenvalue weighted by molar-refractivity contribution is 6.19. The fourth-order valence-electron chi connectivity index (χ4n) is 8.74. The second-order valence-corrected chi connectivity index (χ2v) is 15.7. The topological polar surface area (TPSA) is 48.5 Å². The van der Waals surface area contributed by atoms with Crippen LogP contribution in [-0.2, 0) is 10.8 Å². The van der Waals surface area contributed by atoms with Crippen LogP contribution in [0.1, 0.15) is 51.7 Å². The molecule has 0 atom stereocenters. The maximum atomic E-state index is 15.4. The van der Waals surface area contributed by atoms with Crippen molar-refractivity contribution in [2.45, 2.75) is 51.4 Å². The Bertz CT molecular complexity index is 2910. The van der Waals surface area contributed by atoms with Crippen molar-refractivity contribution in [1.29, 1.82) is 0 Å². The molecular weight excluding hydrogens is 654 g/mol. The van der Waals surface area contributed by atoms with Gasteiger partial charge in [0.25, 0.3) is 0 Å². The maximum absolute atomic E-state index is 15.4. The fourth-order valence-corrected chi connectivity index (χ4v) is 8.74. The largest absolute Gasteiger partial charge is 0.309 e. The van der Waals surface area contributed by atoms with E-state index in [1.807, 2.05) is 42.5 Å². The van der Waals surface area contributed by atoms with E-state index in [0.29, 0.717) is 17.3 Å². The van der Waals surface area contributed by atoms with Crippen molar-refractivity contribution in [3.63, 3.8) is 0 Å². The van der Waals surface area contributed by atoms with Gasteiger partial charge in [-0.3, -0.25) is 4.57 Å². The van der Waals surface area contributed by atoms with Crippen LogP contribution in [0.25, 0.3) is 78.0 Å². The molecule has 10 rings (SSSR count). The molecule has 0 saturated carbocycles. The lowest BCUT2D eigenvalue weighted by Gasteiger charge is -2.43. The lowest BCUT2D eigenvalue weighted by Crippen LogP contribution is -2.35. The predicted octanol–water partition coefficient (Wildman–Crippen LogP) is 11.9. The molecule has 6 aromatic carbocycles. The lowest BCUT2D eigenvalue weighted by molar-refractivity contribution is 0.331. The zero-order valence-corrected chi connectivity index (χ0v) is 30.2. The Hall–Kier alpha value is -6.14. The van der Waals surface area contributed by atoms with Gasteiger partial charge < -0.3 is 4.57 Å². The van der Waals surface area contributed by atoms with E-state index >= 15 is 4.39 Å². The molecule has 9 aromatic rings. The Balaban J connectivity index is 1.33. The average Bonchev–Trinajstić information content (AvgIpc) is 3.68. The van der Waals surface area contributed by atoms with E-state index in [9.17, 15) is 0 Å². The lowest BCUT2D eigenvalue weighted by atomic mass is 9.62. The molecule has 0 saturated heterocycles. The quantitative estimate of drug-likeness (QED) is 0.185. The molecule has 0 fully saturated rings. The number of rotatable bonds is 4. The van der Waals surface area contributed by atoms with Gasteiger partial charge in [0.15, 0.2) is 11.6 Å². The van der Waals surface area contributed by atoms with Crippen LogP contribution >= 0.6 is 0 Å². The summed E-state index contributed by atoms with van der Waals surface area (Å²) in [5.41, 5.74) is 9.52. The molecule has 0 bridgehead atoms. The van der Waals surface area contributed by atoms with Crippen molar-refractivity contribution in [1.82, 2.24) is 24.1 Å². The van der Waals surface area contributed by atoms with Crippen LogP contribution in [0, 0.1) is 5.82 Å². The van der Waals surface area contributed by atoms with Gasteiger partial charge >= 0.3 is 0 Å². The Morgan fingerprint density at radius 1 is 0.509 bits per heavy atom. The molecule has 258 valence electrons. The zero-order valence-electron chi connectivity index (χ0n) is 30.2. The predicted molar refractivity (Wildman–Crippen MR) is 215 cm³/mol. The summed E-state index contributed by atoms with van der Waals surface area (Å²) in [5, 5.41) is 4.59. The minimum atomic E-state index is -0.380. The van der Waals surface area contributed by atoms with Crippen LogP contribution in [-0.4, -0.2) is 24.1 Å². The van der Waals surface area contributed by atoms with E-state index in [1.54, 1.807) is 12.1 Å². The third kappa shape index (κ3) is 4.78. The summed E-state index contributed by atoms with van der Waals surface area (Å²) in [6, 6.07) is 45.1. The molecular formula is C47H38FN5. The number of para-hydroxylation sites is 2. The molecule has 53 heavy (non-hydrogen) atoms. The van der Waals surface area contributed by atoms with E-state index in [0.717, 1.165) is 45.7 Å². The SMILES string of the molecule is CC1(C)CCC(C)(C)c2c(-n3c4ccccc4c4cc5c6ccccc6n(-c6nc(-c7ccccc7)nc(-c7ccccc7F)n6)c5cc43)cccc21. The summed E-state index contributed by atoms with van der Waals surface area (Å²) >= 11 is 0. The third-order valence-electron chi connectivity index (χ3n) is 11.5. The fraction of sp³-hybridized carbons (Fsp3) is 0.170. The van der Waals surface area contributed by atoms with Crippen molar-refractivity contribution >= 4 is 43.6 Å². The molecule has 0 aliphatic heterocycles. The van der Waals surface area contributed by atoms with Gasteiger partial charge in [-0.2, -0.15) is 9.97 Å². The number of nitrogens with zero attached hydrogens (tertiary/aromatic N) is 5. The van der Waals surface area contributed by atoms with Crippen molar-refractivity contribution in [2.75, 3.05) is 0 Å². The van der Waals surface area contributed by atoms with Gasteiger partial charge in [-0.15, -0.1) is 0 Å². The van der Waals surface area contributed by atoms with Crippen molar-refractivity contribution < 1.29 is 4.39 Å². The number of hydrogen-bond acceptors (Lipinski definition) is 3. The molecule has 0 N–H and O–H groups in total. The molecule has 0 unspecified atom stereocenters. The molecule has 1 aliphatic carbocycles. The highest BCUT2D eigenvalue weighted by atomic mass is 19.1. The second kappa shape index (κ2) is 11.4. The smallest absolute Gasteiger partial charge is 0.238 e. The van der Waals surface area contributed by atoms with Gasteiger partial charge in [-0.25, -0.2) is 9.37 Å². The number of hydrogen-bond donors (Lipinski definition) is 0. The average molecular weight is 692 g/mol. The van der Waals surface area contributed by atoms with Gasteiger partial charge in [0.2, 0.25) is 5.95 Å². The van der Waals surface area contributed by atoms with Crippen molar-refractivity contribution in [3.8, 4) is 34.4 Å². The second-order valence-electron chi connectivity index (χ2n) is 15.7. The highest BCUT2D eigenvalue weighted by Crippen LogP contribution is 2.49. The molecule has 0 spiro atoms. The van der Waals surface area contributed by atoms with E-state index in [1.165, 1.54) is 39.2 Å². The molecule has 6 heteroatoms. The van der Waals surface area contributed by atoms with Crippen LogP contribution in [0.5, 0.6) is 0 Å². The summed E-state index contributed by atoms with van der Waals surface area (Å²) in [5.74, 6) is 0.823. The highest BCUT2D eigenvalue weighted by Gasteiger charge is 2.39. The first-order chi connectivity index (χ1) is 25.7. The van der Waals surface area contributed by atoms with E-state index < -0.39 is 0 Å². The first kappa shape index (κ1) is 31.6. The Labute approximate surface area is 307 Å². The van der Waals surface area contributed by atoms with E-state index in [2.05, 4.69) is 110 Å². The van der Waals surface area contributed by atoms with Gasteiger partial charge in [-0.1, -0.05) is 119 Å². The van der Waals surface area contributed by atoms with Gasteiger partial charge in [0, 0.05) is 27.1 Å². The Morgan fingerprint density at radius 2 is 1.11 bits per heavy atom. The maximum Gasteiger partial charge on any atom is 0.238 e. The normalized spacial score (nSPS) is 15.0. The molecule has 1 aliphatic rings. The Morgan fingerprint density at radius 3 is 1.85 bits per heavy atom. The van der Waals surface area contributed by atoms with Crippen LogP contribution in [0.4, 0.5) is 4.39 Å². The molecule has 0 radical (unpaired) electrons. The zero-order chi connectivity index (χ0) is 36.1. The molecule has 3 heterocycles. The van der Waals surface area contributed by atoms with Gasteiger partial charge in [0.1, 0.15) is 5.82 Å². The number of aromatic nitrogens is 5. The standard InChI is InChI=1S/C47H38FN5/c1-46(2)25-26-47(3,4)42-35(46)20-14-24-39(42)52-37-22-12-9-17-30(37)33-27-34-31-18-10-13-23-38(31)53(41(34)28-40(33)52)45-50-43(29-15-6-5-7-16-29)49-44(51-45)32-19-8-11-21-36(32)48/h5-24,27-28H,25-26H2,1-4H3. The van der Waals surface area contributed by atoms with Crippen molar-refractivity contribution in [3.05, 3.63) is 150 Å². The summed E-state index contributed by atoms with van der Waals surface area (Å²) in [7, 11) is 0. The molecule has 5 nitrogen and oxygen atoms in total. The van der Waals surface area contributed by atoms with Gasteiger partial charge in [-0.05, 0) is 77.3 Å². The van der Waals surface area contributed by atoms with Crippen LogP contribution in [0.2, 0.25) is 0 Å². The first-order valence-electron chi connectivity index (χ1n) is 18.4. The Kier molecular flexibility index (Phi) is 6.81. The monoisotopic (exact) mass is 691 g/mol.